The lowest BCUT2D eigenvalue weighted by molar-refractivity contribution is -0.123. The number of nitrogens with two attached hydrogens (primary N) is 2. The number of benzene rings is 3. The topological polar surface area (TPSA) is 119 Å². The molecule has 3 aromatic rings. The first kappa shape index (κ1) is 30.3. The van der Waals surface area contributed by atoms with Crippen molar-refractivity contribution in [2.24, 2.45) is 5.73 Å². The third-order valence-electron chi connectivity index (χ3n) is 6.98. The number of hydrogen-bond acceptors (Lipinski definition) is 6. The number of carbonyl (C=O) groups excluding carboxylic acids is 2. The van der Waals surface area contributed by atoms with Gasteiger partial charge in [-0.25, -0.2) is 0 Å². The number of aryl methyl sites for hydroxylation is 2. The monoisotopic (exact) mass is 550 g/mol. The third kappa shape index (κ3) is 9.48. The number of anilines is 1. The van der Waals surface area contributed by atoms with E-state index in [0.29, 0.717) is 25.1 Å². The number of carbonyl (C=O) groups is 2. The van der Waals surface area contributed by atoms with Crippen molar-refractivity contribution in [3.8, 4) is 0 Å². The highest BCUT2D eigenvalue weighted by molar-refractivity contribution is 5.99. The van der Waals surface area contributed by atoms with Gasteiger partial charge in [0.15, 0.2) is 5.78 Å². The quantitative estimate of drug-likeness (QED) is 0.202. The molecule has 1 saturated heterocycles. The van der Waals surface area contributed by atoms with Crippen LogP contribution in [0.3, 0.4) is 0 Å². The van der Waals surface area contributed by atoms with Crippen molar-refractivity contribution in [3.63, 3.8) is 0 Å². The molecule has 0 radical (unpaired) electrons. The van der Waals surface area contributed by atoms with Gasteiger partial charge in [0.2, 0.25) is 5.91 Å². The molecule has 0 spiro atoms. The molecule has 0 saturated carbocycles. The minimum atomic E-state index is -0.682. The Bertz CT molecular complexity index is 1170. The van der Waals surface area contributed by atoms with Crippen molar-refractivity contribution in [3.05, 3.63) is 101 Å². The Morgan fingerprint density at radius 3 is 2.13 bits per heavy atom. The number of halogens is 1. The van der Waals surface area contributed by atoms with Gasteiger partial charge >= 0.3 is 0 Å². The first-order valence-electron chi connectivity index (χ1n) is 13.4. The van der Waals surface area contributed by atoms with Gasteiger partial charge in [0, 0.05) is 30.4 Å². The van der Waals surface area contributed by atoms with Crippen molar-refractivity contribution < 1.29 is 14.3 Å². The van der Waals surface area contributed by atoms with Crippen LogP contribution in [0.15, 0.2) is 78.9 Å². The molecule has 1 heterocycles. The fourth-order valence-electron chi connectivity index (χ4n) is 4.68. The van der Waals surface area contributed by atoms with E-state index in [2.05, 4.69) is 22.8 Å². The maximum absolute atomic E-state index is 13.1. The van der Waals surface area contributed by atoms with Gasteiger partial charge < -0.3 is 26.8 Å². The number of rotatable bonds is 12. The lowest BCUT2D eigenvalue weighted by atomic mass is 9.97. The Morgan fingerprint density at radius 1 is 0.897 bits per heavy atom. The van der Waals surface area contributed by atoms with E-state index in [-0.39, 0.29) is 30.1 Å². The van der Waals surface area contributed by atoms with Gasteiger partial charge in [-0.1, -0.05) is 66.7 Å². The largest absolute Gasteiger partial charge is 0.399 e. The summed E-state index contributed by atoms with van der Waals surface area (Å²) in [5.74, 6) is -0.199. The second-order valence-electron chi connectivity index (χ2n) is 9.95. The van der Waals surface area contributed by atoms with Crippen LogP contribution in [0.25, 0.3) is 0 Å². The van der Waals surface area contributed by atoms with E-state index in [1.807, 2.05) is 54.6 Å². The molecule has 1 amide bonds. The Hall–Kier alpha value is -3.23. The summed E-state index contributed by atoms with van der Waals surface area (Å²) >= 11 is 0. The average molecular weight is 551 g/mol. The minimum Gasteiger partial charge on any atom is -0.399 e. The number of nitrogens with one attached hydrogen (secondary N) is 2. The summed E-state index contributed by atoms with van der Waals surface area (Å²) in [5.41, 5.74) is 16.8. The average Bonchev–Trinajstić information content (AvgIpc) is 2.96. The van der Waals surface area contributed by atoms with Crippen LogP contribution in [0.1, 0.15) is 39.9 Å². The van der Waals surface area contributed by atoms with Gasteiger partial charge in [-0.2, -0.15) is 0 Å². The van der Waals surface area contributed by atoms with Crippen molar-refractivity contribution >= 4 is 29.8 Å². The third-order valence-corrected chi connectivity index (χ3v) is 6.98. The van der Waals surface area contributed by atoms with E-state index < -0.39 is 12.1 Å². The molecule has 3 aromatic carbocycles. The summed E-state index contributed by atoms with van der Waals surface area (Å²) in [5, 5.41) is 6.37. The molecule has 0 aromatic heterocycles. The molecule has 0 bridgehead atoms. The molecule has 208 valence electrons. The molecule has 6 N–H and O–H groups in total. The van der Waals surface area contributed by atoms with Gasteiger partial charge in [-0.15, -0.1) is 12.4 Å². The summed E-state index contributed by atoms with van der Waals surface area (Å²) in [6.45, 7) is 1.82. The van der Waals surface area contributed by atoms with Crippen LogP contribution in [0, 0.1) is 0 Å². The van der Waals surface area contributed by atoms with Gasteiger partial charge in [-0.3, -0.25) is 9.59 Å². The van der Waals surface area contributed by atoms with E-state index in [9.17, 15) is 9.59 Å². The Balaban J connectivity index is 0.00000420. The normalized spacial score (nSPS) is 16.5. The second-order valence-corrected chi connectivity index (χ2v) is 9.95. The van der Waals surface area contributed by atoms with E-state index in [1.54, 1.807) is 12.1 Å². The molecular formula is C31H39ClN4O3. The first-order chi connectivity index (χ1) is 18.5. The summed E-state index contributed by atoms with van der Waals surface area (Å²) in [4.78, 5) is 25.7. The fraction of sp³-hybridized carbons (Fsp3) is 0.355. The van der Waals surface area contributed by atoms with Crippen LogP contribution >= 0.6 is 12.4 Å². The smallest absolute Gasteiger partial charge is 0.237 e. The van der Waals surface area contributed by atoms with Crippen LogP contribution < -0.4 is 22.1 Å². The van der Waals surface area contributed by atoms with Crippen LogP contribution in [-0.2, 0) is 28.8 Å². The molecule has 39 heavy (non-hydrogen) atoms. The van der Waals surface area contributed by atoms with Crippen LogP contribution in [0.5, 0.6) is 0 Å². The number of nitrogen functional groups attached to an aromatic ring is 1. The molecule has 8 heteroatoms. The van der Waals surface area contributed by atoms with Gasteiger partial charge in [0.25, 0.3) is 0 Å². The number of morpholine rings is 1. The SMILES string of the molecule is Cl.Nc1ccc(CC[C@H](CCc2ccccc2)NC(=O)[C@@H](N)Cc2ccc(C(=O)C3CNCCO3)cc2)cc1. The Labute approximate surface area is 237 Å². The standard InChI is InChI=1S/C31H38N4O3.ClH/c32-26-14-8-23(9-15-26)11-17-27(16-10-22-4-2-1-3-5-22)35-31(37)28(33)20-24-6-12-25(13-7-24)30(36)29-21-34-18-19-38-29;/h1-9,12-15,27-29,34H,10-11,16-21,32-33H2,(H,35,37);1H/t27-,28-,29?;/m0./s1. The molecule has 1 unspecified atom stereocenters. The molecule has 7 nitrogen and oxygen atoms in total. The maximum Gasteiger partial charge on any atom is 0.237 e. The lowest BCUT2D eigenvalue weighted by Gasteiger charge is -2.23. The molecule has 1 fully saturated rings. The summed E-state index contributed by atoms with van der Waals surface area (Å²) < 4.78 is 5.57. The number of amides is 1. The molecule has 0 aliphatic carbocycles. The summed E-state index contributed by atoms with van der Waals surface area (Å²) in [6, 6.07) is 24.8. The van der Waals surface area contributed by atoms with Crippen molar-refractivity contribution in [1.82, 2.24) is 10.6 Å². The number of ether oxygens (including phenoxy) is 1. The van der Waals surface area contributed by atoms with E-state index >= 15 is 0 Å². The Kier molecular flexibility index (Phi) is 12.0. The van der Waals surface area contributed by atoms with Crippen molar-refractivity contribution in [2.45, 2.75) is 50.3 Å². The van der Waals surface area contributed by atoms with Gasteiger partial charge in [0.1, 0.15) is 6.10 Å². The lowest BCUT2D eigenvalue weighted by Crippen LogP contribution is -2.46. The zero-order chi connectivity index (χ0) is 26.7. The fourth-order valence-corrected chi connectivity index (χ4v) is 4.68. The highest BCUT2D eigenvalue weighted by Crippen LogP contribution is 2.15. The molecule has 1 aliphatic rings. The first-order valence-corrected chi connectivity index (χ1v) is 13.4. The number of ketones is 1. The maximum atomic E-state index is 13.1. The summed E-state index contributed by atoms with van der Waals surface area (Å²) in [6.07, 6.45) is 3.29. The molecular weight excluding hydrogens is 512 g/mol. The predicted octanol–water partition coefficient (Wildman–Crippen LogP) is 3.48. The van der Waals surface area contributed by atoms with Crippen molar-refractivity contribution in [2.75, 3.05) is 25.4 Å². The zero-order valence-corrected chi connectivity index (χ0v) is 23.0. The van der Waals surface area contributed by atoms with E-state index in [1.165, 1.54) is 11.1 Å². The number of hydrogen-bond donors (Lipinski definition) is 4. The van der Waals surface area contributed by atoms with E-state index in [4.69, 9.17) is 16.2 Å². The second kappa shape index (κ2) is 15.4. The predicted molar refractivity (Wildman–Crippen MR) is 158 cm³/mol. The highest BCUT2D eigenvalue weighted by Gasteiger charge is 2.23. The van der Waals surface area contributed by atoms with Crippen LogP contribution in [0.2, 0.25) is 0 Å². The van der Waals surface area contributed by atoms with Gasteiger partial charge in [-0.05, 0) is 60.9 Å². The van der Waals surface area contributed by atoms with Crippen molar-refractivity contribution in [1.29, 1.82) is 0 Å². The number of Topliss-reactive ketones (excluding diaryl/α,β-unsaturated/α-hetero) is 1. The highest BCUT2D eigenvalue weighted by atomic mass is 35.5. The minimum absolute atomic E-state index is 0. The van der Waals surface area contributed by atoms with E-state index in [0.717, 1.165) is 43.5 Å². The van der Waals surface area contributed by atoms with Gasteiger partial charge in [0.05, 0.1) is 12.6 Å². The molecule has 4 rings (SSSR count). The molecule has 1 aliphatic heterocycles. The Morgan fingerprint density at radius 2 is 1.51 bits per heavy atom. The zero-order valence-electron chi connectivity index (χ0n) is 22.2. The van der Waals surface area contributed by atoms with Crippen LogP contribution in [-0.4, -0.2) is 49.6 Å². The van der Waals surface area contributed by atoms with Crippen LogP contribution in [0.4, 0.5) is 5.69 Å². The molecule has 3 atom stereocenters. The summed E-state index contributed by atoms with van der Waals surface area (Å²) in [7, 11) is 0.